The SMILES string of the molecule is CCN(CC)C(=O)C(CCSC)NC(=O)c1ccccc1Br. The van der Waals surface area contributed by atoms with Crippen LogP contribution in [0.1, 0.15) is 30.6 Å². The number of thioether (sulfide) groups is 1. The number of likely N-dealkylation sites (N-methyl/N-ethyl adjacent to an activating group) is 1. The minimum absolute atomic E-state index is 0.0144. The van der Waals surface area contributed by atoms with E-state index in [-0.39, 0.29) is 11.8 Å². The topological polar surface area (TPSA) is 49.4 Å². The molecule has 0 aliphatic carbocycles. The molecular weight excluding hydrogens is 364 g/mol. The van der Waals surface area contributed by atoms with E-state index < -0.39 is 6.04 Å². The summed E-state index contributed by atoms with van der Waals surface area (Å²) in [5.74, 6) is 0.590. The van der Waals surface area contributed by atoms with Crippen LogP contribution in [0.4, 0.5) is 0 Å². The molecule has 0 spiro atoms. The average molecular weight is 387 g/mol. The standard InChI is InChI=1S/C16H23BrN2O2S/c1-4-19(5-2)16(21)14(10-11-22-3)18-15(20)12-8-6-7-9-13(12)17/h6-9,14H,4-5,10-11H2,1-3H3,(H,18,20). The van der Waals surface area contributed by atoms with Gasteiger partial charge in [0.05, 0.1) is 5.56 Å². The number of carbonyl (C=O) groups is 2. The molecule has 0 fully saturated rings. The highest BCUT2D eigenvalue weighted by Crippen LogP contribution is 2.16. The van der Waals surface area contributed by atoms with Crippen LogP contribution < -0.4 is 5.32 Å². The van der Waals surface area contributed by atoms with Crippen LogP contribution in [-0.2, 0) is 4.79 Å². The van der Waals surface area contributed by atoms with Gasteiger partial charge in [-0.15, -0.1) is 0 Å². The van der Waals surface area contributed by atoms with Crippen LogP contribution in [0, 0.1) is 0 Å². The van der Waals surface area contributed by atoms with Crippen molar-refractivity contribution in [3.05, 3.63) is 34.3 Å². The number of hydrogen-bond acceptors (Lipinski definition) is 3. The summed E-state index contributed by atoms with van der Waals surface area (Å²) >= 11 is 5.04. The number of hydrogen-bond donors (Lipinski definition) is 1. The summed E-state index contributed by atoms with van der Waals surface area (Å²) in [5.41, 5.74) is 0.545. The fraction of sp³-hybridized carbons (Fsp3) is 0.500. The number of amides is 2. The highest BCUT2D eigenvalue weighted by Gasteiger charge is 2.25. The Balaban J connectivity index is 2.86. The first kappa shape index (κ1) is 19.0. The molecule has 1 unspecified atom stereocenters. The van der Waals surface area contributed by atoms with Crippen LogP contribution in [-0.4, -0.2) is 47.9 Å². The van der Waals surface area contributed by atoms with Gasteiger partial charge in [-0.25, -0.2) is 0 Å². The van der Waals surface area contributed by atoms with Gasteiger partial charge in [-0.2, -0.15) is 11.8 Å². The molecule has 1 atom stereocenters. The fourth-order valence-electron chi connectivity index (χ4n) is 2.13. The molecule has 0 saturated heterocycles. The Hall–Kier alpha value is -1.01. The van der Waals surface area contributed by atoms with Crippen molar-refractivity contribution >= 4 is 39.5 Å². The molecule has 122 valence electrons. The third-order valence-corrected chi connectivity index (χ3v) is 4.74. The first-order valence-electron chi connectivity index (χ1n) is 7.38. The second-order valence-electron chi connectivity index (χ2n) is 4.80. The van der Waals surface area contributed by atoms with E-state index in [1.54, 1.807) is 22.7 Å². The molecular formula is C16H23BrN2O2S. The third kappa shape index (κ3) is 5.32. The van der Waals surface area contributed by atoms with Crippen LogP contribution in [0.3, 0.4) is 0 Å². The molecule has 1 aromatic rings. The van der Waals surface area contributed by atoms with Gasteiger partial charge in [0.2, 0.25) is 5.91 Å². The Kier molecular flexibility index (Phi) is 8.56. The quantitative estimate of drug-likeness (QED) is 0.746. The zero-order chi connectivity index (χ0) is 16.5. The third-order valence-electron chi connectivity index (χ3n) is 3.41. The van der Waals surface area contributed by atoms with Crippen LogP contribution in [0.15, 0.2) is 28.7 Å². The fourth-order valence-corrected chi connectivity index (χ4v) is 3.07. The minimum atomic E-state index is -0.480. The highest BCUT2D eigenvalue weighted by molar-refractivity contribution is 9.10. The smallest absolute Gasteiger partial charge is 0.253 e. The number of halogens is 1. The Morgan fingerprint density at radius 1 is 1.27 bits per heavy atom. The van der Waals surface area contributed by atoms with Gasteiger partial charge in [0, 0.05) is 17.6 Å². The molecule has 4 nitrogen and oxygen atoms in total. The van der Waals surface area contributed by atoms with Crippen molar-refractivity contribution in [3.8, 4) is 0 Å². The van der Waals surface area contributed by atoms with Crippen molar-refractivity contribution in [1.82, 2.24) is 10.2 Å². The predicted molar refractivity (Wildman–Crippen MR) is 96.3 cm³/mol. The molecule has 0 aromatic heterocycles. The number of carbonyl (C=O) groups excluding carboxylic acids is 2. The number of rotatable bonds is 8. The molecule has 0 heterocycles. The summed E-state index contributed by atoms with van der Waals surface area (Å²) in [6.45, 7) is 5.19. The van der Waals surface area contributed by atoms with E-state index in [1.807, 2.05) is 38.3 Å². The molecule has 1 N–H and O–H groups in total. The van der Waals surface area contributed by atoms with Crippen LogP contribution in [0.2, 0.25) is 0 Å². The lowest BCUT2D eigenvalue weighted by molar-refractivity contribution is -0.132. The van der Waals surface area contributed by atoms with Crippen molar-refractivity contribution in [3.63, 3.8) is 0 Å². The van der Waals surface area contributed by atoms with Gasteiger partial charge < -0.3 is 10.2 Å². The van der Waals surface area contributed by atoms with Crippen LogP contribution in [0.5, 0.6) is 0 Å². The Morgan fingerprint density at radius 3 is 2.45 bits per heavy atom. The maximum Gasteiger partial charge on any atom is 0.253 e. The van der Waals surface area contributed by atoms with Crippen molar-refractivity contribution in [2.45, 2.75) is 26.3 Å². The summed E-state index contributed by atoms with van der Waals surface area (Å²) in [6, 6.07) is 6.74. The number of nitrogens with zero attached hydrogens (tertiary/aromatic N) is 1. The van der Waals surface area contributed by atoms with Crippen molar-refractivity contribution < 1.29 is 9.59 Å². The summed E-state index contributed by atoms with van der Waals surface area (Å²) < 4.78 is 0.728. The molecule has 0 aliphatic heterocycles. The van der Waals surface area contributed by atoms with Crippen LogP contribution in [0.25, 0.3) is 0 Å². The molecule has 22 heavy (non-hydrogen) atoms. The summed E-state index contributed by atoms with van der Waals surface area (Å²) in [7, 11) is 0. The van der Waals surface area contributed by atoms with E-state index in [0.29, 0.717) is 25.1 Å². The van der Waals surface area contributed by atoms with Gasteiger partial charge in [-0.3, -0.25) is 9.59 Å². The Labute approximate surface area is 145 Å². The normalized spacial score (nSPS) is 11.8. The van der Waals surface area contributed by atoms with E-state index in [1.165, 1.54) is 0 Å². The monoisotopic (exact) mass is 386 g/mol. The average Bonchev–Trinajstić information content (AvgIpc) is 2.52. The zero-order valence-electron chi connectivity index (χ0n) is 13.3. The Morgan fingerprint density at radius 2 is 1.91 bits per heavy atom. The van der Waals surface area contributed by atoms with E-state index in [2.05, 4.69) is 21.2 Å². The van der Waals surface area contributed by atoms with E-state index in [9.17, 15) is 9.59 Å². The molecule has 0 aliphatic rings. The first-order chi connectivity index (χ1) is 10.5. The molecule has 2 amide bonds. The minimum Gasteiger partial charge on any atom is -0.341 e. The van der Waals surface area contributed by atoms with E-state index in [4.69, 9.17) is 0 Å². The van der Waals surface area contributed by atoms with Crippen LogP contribution >= 0.6 is 27.7 Å². The molecule has 0 saturated carbocycles. The predicted octanol–water partition coefficient (Wildman–Crippen LogP) is 3.17. The van der Waals surface area contributed by atoms with E-state index in [0.717, 1.165) is 10.2 Å². The molecule has 1 aromatic carbocycles. The van der Waals surface area contributed by atoms with Gasteiger partial charge in [0.15, 0.2) is 0 Å². The second-order valence-corrected chi connectivity index (χ2v) is 6.64. The van der Waals surface area contributed by atoms with Crippen molar-refractivity contribution in [2.75, 3.05) is 25.1 Å². The molecule has 6 heteroatoms. The second kappa shape index (κ2) is 9.90. The van der Waals surface area contributed by atoms with E-state index >= 15 is 0 Å². The van der Waals surface area contributed by atoms with Gasteiger partial charge in [-0.1, -0.05) is 12.1 Å². The molecule has 0 radical (unpaired) electrons. The highest BCUT2D eigenvalue weighted by atomic mass is 79.9. The lowest BCUT2D eigenvalue weighted by atomic mass is 10.1. The maximum absolute atomic E-state index is 12.6. The van der Waals surface area contributed by atoms with Gasteiger partial charge >= 0.3 is 0 Å². The summed E-state index contributed by atoms with van der Waals surface area (Å²) in [4.78, 5) is 26.7. The first-order valence-corrected chi connectivity index (χ1v) is 9.56. The zero-order valence-corrected chi connectivity index (χ0v) is 15.7. The lowest BCUT2D eigenvalue weighted by Gasteiger charge is -2.26. The van der Waals surface area contributed by atoms with Crippen molar-refractivity contribution in [2.24, 2.45) is 0 Å². The molecule has 0 bridgehead atoms. The van der Waals surface area contributed by atoms with Gasteiger partial charge in [-0.05, 0) is 60.3 Å². The lowest BCUT2D eigenvalue weighted by Crippen LogP contribution is -2.48. The number of benzene rings is 1. The van der Waals surface area contributed by atoms with Gasteiger partial charge in [0.1, 0.15) is 6.04 Å². The summed E-state index contributed by atoms with van der Waals surface area (Å²) in [5, 5.41) is 2.88. The maximum atomic E-state index is 12.6. The van der Waals surface area contributed by atoms with Gasteiger partial charge in [0.25, 0.3) is 5.91 Å². The van der Waals surface area contributed by atoms with Crippen molar-refractivity contribution in [1.29, 1.82) is 0 Å². The Bertz CT molecular complexity index is 507. The molecule has 1 rings (SSSR count). The number of nitrogens with one attached hydrogen (secondary N) is 1. The largest absolute Gasteiger partial charge is 0.341 e. The summed E-state index contributed by atoms with van der Waals surface area (Å²) in [6.07, 6.45) is 2.63.